The van der Waals surface area contributed by atoms with Gasteiger partial charge >= 0.3 is 18.0 Å². The van der Waals surface area contributed by atoms with Crippen LogP contribution in [0.15, 0.2) is 12.1 Å². The predicted octanol–water partition coefficient (Wildman–Crippen LogP) is 4.37. The number of rotatable bonds is 5. The summed E-state index contributed by atoms with van der Waals surface area (Å²) in [5, 5.41) is 8.66. The van der Waals surface area contributed by atoms with Crippen molar-refractivity contribution in [2.24, 2.45) is 0 Å². The van der Waals surface area contributed by atoms with Gasteiger partial charge in [0.2, 0.25) is 5.82 Å². The number of anilines is 1. The number of carboxylic acid groups (broad SMARTS) is 1. The molecule has 0 atom stereocenters. The van der Waals surface area contributed by atoms with Gasteiger partial charge in [-0.05, 0) is 12.5 Å². The summed E-state index contributed by atoms with van der Waals surface area (Å²) in [7, 11) is 0. The Kier molecular flexibility index (Phi) is 5.54. The predicted molar refractivity (Wildman–Crippen MR) is 86.4 cm³/mol. The Morgan fingerprint density at radius 2 is 1.52 bits per heavy atom. The van der Waals surface area contributed by atoms with Gasteiger partial charge in [0.15, 0.2) is 29.0 Å². The molecule has 166 valence electrons. The van der Waals surface area contributed by atoms with Crippen molar-refractivity contribution in [1.82, 2.24) is 0 Å². The van der Waals surface area contributed by atoms with E-state index in [4.69, 9.17) is 5.11 Å². The van der Waals surface area contributed by atoms with E-state index in [1.54, 1.807) is 0 Å². The maximum atomic E-state index is 14.4. The van der Waals surface area contributed by atoms with Crippen LogP contribution in [0.2, 0.25) is 0 Å². The molecule has 2 aromatic rings. The van der Waals surface area contributed by atoms with E-state index in [-0.39, 0.29) is 17.4 Å². The van der Waals surface area contributed by atoms with Crippen LogP contribution in [0.4, 0.5) is 40.8 Å². The number of aliphatic carboxylic acids is 1. The summed E-state index contributed by atoms with van der Waals surface area (Å²) in [4.78, 5) is 22.9. The van der Waals surface area contributed by atoms with Crippen molar-refractivity contribution in [2.45, 2.75) is 19.0 Å². The monoisotopic (exact) mass is 455 g/mol. The number of carbonyl (C=O) groups excluding carboxylic acids is 1. The SMILES string of the molecule is O=C(O)CCCN1C(=O)C(F)(F)Oc2cc(F)c(-c3c(F)c(F)c(F)c(F)c3F)cc21. The zero-order valence-electron chi connectivity index (χ0n) is 14.9. The van der Waals surface area contributed by atoms with E-state index in [0.29, 0.717) is 6.07 Å². The molecule has 1 N–H and O–H groups in total. The third-order valence-electron chi connectivity index (χ3n) is 4.32. The van der Waals surface area contributed by atoms with Crippen molar-refractivity contribution in [3.63, 3.8) is 0 Å². The first-order chi connectivity index (χ1) is 14.4. The summed E-state index contributed by atoms with van der Waals surface area (Å²) in [5.41, 5.74) is -3.59. The minimum absolute atomic E-state index is 0.188. The highest BCUT2D eigenvalue weighted by Crippen LogP contribution is 2.44. The van der Waals surface area contributed by atoms with Crippen LogP contribution in [0.3, 0.4) is 0 Å². The first-order valence-corrected chi connectivity index (χ1v) is 8.32. The molecule has 2 aromatic carbocycles. The number of amides is 1. The van der Waals surface area contributed by atoms with Crippen molar-refractivity contribution in [3.05, 3.63) is 47.0 Å². The molecule has 0 radical (unpaired) electrons. The second-order valence-electron chi connectivity index (χ2n) is 6.32. The molecule has 0 saturated heterocycles. The van der Waals surface area contributed by atoms with Gasteiger partial charge in [-0.15, -0.1) is 0 Å². The number of hydrogen-bond donors (Lipinski definition) is 1. The normalized spacial score (nSPS) is 15.0. The molecule has 13 heteroatoms. The van der Waals surface area contributed by atoms with E-state index in [1.165, 1.54) is 0 Å². The van der Waals surface area contributed by atoms with Crippen LogP contribution < -0.4 is 9.64 Å². The number of nitrogens with zero attached hydrogens (tertiary/aromatic N) is 1. The average molecular weight is 455 g/mol. The van der Waals surface area contributed by atoms with Crippen molar-refractivity contribution in [3.8, 4) is 16.9 Å². The number of fused-ring (bicyclic) bond motifs is 1. The van der Waals surface area contributed by atoms with Crippen LogP contribution in [0.25, 0.3) is 11.1 Å². The van der Waals surface area contributed by atoms with E-state index >= 15 is 0 Å². The van der Waals surface area contributed by atoms with E-state index in [1.807, 2.05) is 0 Å². The Labute approximate surface area is 167 Å². The fourth-order valence-corrected chi connectivity index (χ4v) is 2.93. The highest BCUT2D eigenvalue weighted by Gasteiger charge is 2.50. The summed E-state index contributed by atoms with van der Waals surface area (Å²) in [6, 6.07) is 0.587. The van der Waals surface area contributed by atoms with E-state index in [0.717, 1.165) is 0 Å². The first-order valence-electron chi connectivity index (χ1n) is 8.32. The molecule has 1 heterocycles. The maximum Gasteiger partial charge on any atom is 0.482 e. The van der Waals surface area contributed by atoms with Gasteiger partial charge < -0.3 is 14.7 Å². The number of ether oxygens (including phenoxy) is 1. The molecule has 0 saturated carbocycles. The lowest BCUT2D eigenvalue weighted by Crippen LogP contribution is -2.51. The molecule has 1 aliphatic rings. The largest absolute Gasteiger partial charge is 0.482 e. The van der Waals surface area contributed by atoms with Gasteiger partial charge in [0, 0.05) is 24.6 Å². The van der Waals surface area contributed by atoms with Gasteiger partial charge in [-0.2, -0.15) is 8.78 Å². The highest BCUT2D eigenvalue weighted by atomic mass is 19.3. The standard InChI is InChI=1S/C18H9F8NO4/c19-7-5-9-8(27(3-1-2-10(28)29)17(30)18(25,26)31-9)4-6(7)11-12(20)14(22)16(24)15(23)13(11)21/h4-5H,1-3H2,(H,28,29). The second-order valence-corrected chi connectivity index (χ2v) is 6.32. The highest BCUT2D eigenvalue weighted by molar-refractivity contribution is 6.01. The molecular weight excluding hydrogens is 446 g/mol. The number of hydrogen-bond acceptors (Lipinski definition) is 3. The Morgan fingerprint density at radius 3 is 2.06 bits per heavy atom. The quantitative estimate of drug-likeness (QED) is 0.413. The molecule has 0 spiro atoms. The first kappa shape index (κ1) is 22.3. The summed E-state index contributed by atoms with van der Waals surface area (Å²) in [5.74, 6) is -18.0. The molecule has 3 rings (SSSR count). The van der Waals surface area contributed by atoms with Gasteiger partial charge in [-0.1, -0.05) is 0 Å². The zero-order chi connectivity index (χ0) is 23.2. The van der Waals surface area contributed by atoms with E-state index < -0.39 is 88.4 Å². The van der Waals surface area contributed by atoms with Crippen LogP contribution in [0.5, 0.6) is 5.75 Å². The molecule has 1 aliphatic heterocycles. The number of carboxylic acids is 1. The van der Waals surface area contributed by atoms with Crippen molar-refractivity contribution >= 4 is 17.6 Å². The fourth-order valence-electron chi connectivity index (χ4n) is 2.93. The van der Waals surface area contributed by atoms with E-state index in [9.17, 15) is 44.7 Å². The summed E-state index contributed by atoms with van der Waals surface area (Å²) >= 11 is 0. The Morgan fingerprint density at radius 1 is 0.968 bits per heavy atom. The molecular formula is C18H9F8NO4. The fraction of sp³-hybridized carbons (Fsp3) is 0.222. The average Bonchev–Trinajstić information content (AvgIpc) is 2.68. The van der Waals surface area contributed by atoms with E-state index in [2.05, 4.69) is 4.74 Å². The third kappa shape index (κ3) is 3.75. The van der Waals surface area contributed by atoms with Crippen molar-refractivity contribution < 1.29 is 54.6 Å². The summed E-state index contributed by atoms with van der Waals surface area (Å²) < 4.78 is 115. The number of halogens is 8. The topological polar surface area (TPSA) is 66.8 Å². The zero-order valence-corrected chi connectivity index (χ0v) is 14.9. The molecule has 0 fully saturated rings. The van der Waals surface area contributed by atoms with Crippen molar-refractivity contribution in [1.29, 1.82) is 0 Å². The summed E-state index contributed by atoms with van der Waals surface area (Å²) in [6.07, 6.45) is -5.39. The molecule has 0 bridgehead atoms. The molecule has 1 amide bonds. The van der Waals surface area contributed by atoms with Crippen LogP contribution in [-0.4, -0.2) is 29.6 Å². The van der Waals surface area contributed by atoms with Crippen LogP contribution >= 0.6 is 0 Å². The minimum Gasteiger partial charge on any atom is -0.481 e. The van der Waals surface area contributed by atoms with Gasteiger partial charge in [0.25, 0.3) is 0 Å². The van der Waals surface area contributed by atoms with Gasteiger partial charge in [-0.3, -0.25) is 9.59 Å². The maximum absolute atomic E-state index is 14.4. The summed E-state index contributed by atoms with van der Waals surface area (Å²) in [6.45, 7) is -0.654. The lowest BCUT2D eigenvalue weighted by Gasteiger charge is -2.34. The van der Waals surface area contributed by atoms with Gasteiger partial charge in [-0.25, -0.2) is 26.3 Å². The number of carbonyl (C=O) groups is 2. The van der Waals surface area contributed by atoms with Crippen LogP contribution in [0, 0.1) is 34.9 Å². The number of alkyl halides is 2. The lowest BCUT2D eigenvalue weighted by molar-refractivity contribution is -0.192. The molecule has 31 heavy (non-hydrogen) atoms. The van der Waals surface area contributed by atoms with Crippen LogP contribution in [-0.2, 0) is 9.59 Å². The van der Waals surface area contributed by atoms with Crippen LogP contribution in [0.1, 0.15) is 12.8 Å². The molecule has 5 nitrogen and oxygen atoms in total. The Balaban J connectivity index is 2.20. The lowest BCUT2D eigenvalue weighted by atomic mass is 10.0. The Bertz CT molecular complexity index is 1080. The Hall–Kier alpha value is -3.38. The third-order valence-corrected chi connectivity index (χ3v) is 4.32. The second kappa shape index (κ2) is 7.71. The minimum atomic E-state index is -4.48. The molecule has 0 unspecified atom stereocenters. The van der Waals surface area contributed by atoms with Gasteiger partial charge in [0.05, 0.1) is 11.3 Å². The van der Waals surface area contributed by atoms with Gasteiger partial charge in [0.1, 0.15) is 5.82 Å². The van der Waals surface area contributed by atoms with Crippen molar-refractivity contribution in [2.75, 3.05) is 11.4 Å². The smallest absolute Gasteiger partial charge is 0.481 e. The molecule has 0 aromatic heterocycles. The number of benzene rings is 2. The molecule has 0 aliphatic carbocycles.